The molecule has 33 heavy (non-hydrogen) atoms. The van der Waals surface area contributed by atoms with Gasteiger partial charge in [0.15, 0.2) is 0 Å². The van der Waals surface area contributed by atoms with Crippen LogP contribution in [-0.2, 0) is 16.6 Å². The van der Waals surface area contributed by atoms with Gasteiger partial charge in [-0.3, -0.25) is 14.4 Å². The predicted octanol–water partition coefficient (Wildman–Crippen LogP) is 1.50. The number of nitriles is 1. The van der Waals surface area contributed by atoms with Gasteiger partial charge in [0.25, 0.3) is 11.5 Å². The summed E-state index contributed by atoms with van der Waals surface area (Å²) in [4.78, 5) is 50.8. The van der Waals surface area contributed by atoms with Crippen LogP contribution in [0.5, 0.6) is 0 Å². The summed E-state index contributed by atoms with van der Waals surface area (Å²) in [6.45, 7) is 6.85. The number of hydrogen-bond donors (Lipinski definition) is 0. The van der Waals surface area contributed by atoms with E-state index in [1.807, 2.05) is 11.0 Å². The quantitative estimate of drug-likeness (QED) is 0.637. The number of piperazine rings is 1. The third kappa shape index (κ3) is 4.75. The van der Waals surface area contributed by atoms with Crippen LogP contribution in [0.15, 0.2) is 16.9 Å². The van der Waals surface area contributed by atoms with Crippen molar-refractivity contribution in [2.24, 2.45) is 7.05 Å². The van der Waals surface area contributed by atoms with E-state index in [2.05, 4.69) is 4.98 Å². The summed E-state index contributed by atoms with van der Waals surface area (Å²) in [6.07, 6.45) is -0.412. The average Bonchev–Trinajstić information content (AvgIpc) is 2.78. The number of aromatic nitrogens is 2. The second kappa shape index (κ2) is 9.07. The van der Waals surface area contributed by atoms with E-state index in [4.69, 9.17) is 9.57 Å². The molecule has 0 aliphatic carbocycles. The SMILES string of the molecule is CON(C)C(=O)c1ccc2c(n1)c(N1CCN(C(=O)OC(C)(C)C)CC1)c(C#N)c(=O)n2C. The number of fused-ring (bicyclic) bond motifs is 1. The van der Waals surface area contributed by atoms with Crippen molar-refractivity contribution in [3.05, 3.63) is 33.7 Å². The molecule has 0 bridgehead atoms. The van der Waals surface area contributed by atoms with Crippen LogP contribution in [0.3, 0.4) is 0 Å². The number of rotatable bonds is 3. The van der Waals surface area contributed by atoms with Gasteiger partial charge in [0.05, 0.1) is 18.3 Å². The standard InChI is InChI=1S/C22H28N6O5/c1-22(2,3)33-21(31)28-11-9-27(10-12-28)18-14(13-23)19(29)25(4)16-8-7-15(24-17(16)18)20(30)26(5)32-6/h7-8H,9-12H2,1-6H3. The Morgan fingerprint density at radius 3 is 2.36 bits per heavy atom. The van der Waals surface area contributed by atoms with Gasteiger partial charge in [0.1, 0.15) is 28.4 Å². The maximum atomic E-state index is 12.9. The third-order valence-corrected chi connectivity index (χ3v) is 5.35. The second-order valence-electron chi connectivity index (χ2n) is 8.70. The van der Waals surface area contributed by atoms with E-state index in [1.54, 1.807) is 38.8 Å². The second-order valence-corrected chi connectivity index (χ2v) is 8.70. The zero-order valence-electron chi connectivity index (χ0n) is 19.7. The lowest BCUT2D eigenvalue weighted by Gasteiger charge is -2.37. The Morgan fingerprint density at radius 2 is 1.82 bits per heavy atom. The molecule has 176 valence electrons. The third-order valence-electron chi connectivity index (χ3n) is 5.35. The van der Waals surface area contributed by atoms with E-state index in [1.165, 1.54) is 24.8 Å². The smallest absolute Gasteiger partial charge is 0.410 e. The topological polar surface area (TPSA) is 121 Å². The van der Waals surface area contributed by atoms with Crippen LogP contribution in [0.4, 0.5) is 10.5 Å². The minimum absolute atomic E-state index is 0.0621. The van der Waals surface area contributed by atoms with Crippen molar-refractivity contribution in [1.29, 1.82) is 5.26 Å². The number of aryl methyl sites for hydroxylation is 1. The first-order valence-corrected chi connectivity index (χ1v) is 10.5. The molecule has 1 aliphatic rings. The number of nitrogens with zero attached hydrogens (tertiary/aromatic N) is 6. The molecule has 1 aliphatic heterocycles. The Labute approximate surface area is 191 Å². The number of amides is 2. The molecule has 2 amide bonds. The maximum absolute atomic E-state index is 12.9. The first kappa shape index (κ1) is 24.0. The molecular formula is C22H28N6O5. The summed E-state index contributed by atoms with van der Waals surface area (Å²) >= 11 is 0. The summed E-state index contributed by atoms with van der Waals surface area (Å²) in [7, 11) is 4.39. The normalized spacial score (nSPS) is 14.2. The van der Waals surface area contributed by atoms with Gasteiger partial charge in [-0.1, -0.05) is 0 Å². The Balaban J connectivity index is 2.04. The van der Waals surface area contributed by atoms with Crippen molar-refractivity contribution >= 4 is 28.7 Å². The summed E-state index contributed by atoms with van der Waals surface area (Å²) in [5.41, 5.74) is 0.191. The first-order valence-electron chi connectivity index (χ1n) is 10.5. The maximum Gasteiger partial charge on any atom is 0.410 e. The molecule has 2 aromatic heterocycles. The largest absolute Gasteiger partial charge is 0.444 e. The lowest BCUT2D eigenvalue weighted by Crippen LogP contribution is -2.50. The zero-order chi connectivity index (χ0) is 24.5. The number of hydroxylamine groups is 2. The van der Waals surface area contributed by atoms with Crippen molar-refractivity contribution in [2.45, 2.75) is 26.4 Å². The predicted molar refractivity (Wildman–Crippen MR) is 121 cm³/mol. The van der Waals surface area contributed by atoms with Crippen LogP contribution in [0.1, 0.15) is 36.8 Å². The lowest BCUT2D eigenvalue weighted by atomic mass is 10.1. The van der Waals surface area contributed by atoms with Crippen LogP contribution in [0.25, 0.3) is 11.0 Å². The number of ether oxygens (including phenoxy) is 1. The van der Waals surface area contributed by atoms with Crippen LogP contribution >= 0.6 is 0 Å². The Bertz CT molecular complexity index is 1180. The number of carbonyl (C=O) groups excluding carboxylic acids is 2. The highest BCUT2D eigenvalue weighted by molar-refractivity contribution is 5.97. The Morgan fingerprint density at radius 1 is 1.18 bits per heavy atom. The number of pyridine rings is 2. The molecule has 0 radical (unpaired) electrons. The van der Waals surface area contributed by atoms with E-state index in [9.17, 15) is 19.6 Å². The van der Waals surface area contributed by atoms with Gasteiger partial charge >= 0.3 is 6.09 Å². The summed E-state index contributed by atoms with van der Waals surface area (Å²) in [6, 6.07) is 5.14. The molecule has 11 heteroatoms. The molecule has 3 rings (SSSR count). The van der Waals surface area contributed by atoms with Crippen molar-refractivity contribution in [3.8, 4) is 6.07 Å². The van der Waals surface area contributed by atoms with Crippen LogP contribution in [0.2, 0.25) is 0 Å². The summed E-state index contributed by atoms with van der Waals surface area (Å²) in [5.74, 6) is -0.465. The van der Waals surface area contributed by atoms with Gasteiger partial charge in [-0.25, -0.2) is 14.8 Å². The number of hydrogen-bond acceptors (Lipinski definition) is 8. The molecule has 1 saturated heterocycles. The fraction of sp³-hybridized carbons (Fsp3) is 0.500. The molecular weight excluding hydrogens is 428 g/mol. The summed E-state index contributed by atoms with van der Waals surface area (Å²) < 4.78 is 6.78. The van der Waals surface area contributed by atoms with E-state index < -0.39 is 23.2 Å². The average molecular weight is 457 g/mol. The molecule has 0 N–H and O–H groups in total. The van der Waals surface area contributed by atoms with E-state index in [0.29, 0.717) is 42.9 Å². The Kier molecular flexibility index (Phi) is 6.60. The highest BCUT2D eigenvalue weighted by atomic mass is 16.7. The summed E-state index contributed by atoms with van der Waals surface area (Å²) in [5, 5.41) is 10.8. The zero-order valence-corrected chi connectivity index (χ0v) is 19.7. The van der Waals surface area contributed by atoms with Gasteiger partial charge in [-0.2, -0.15) is 5.26 Å². The molecule has 2 aromatic rings. The molecule has 0 saturated carbocycles. The van der Waals surface area contributed by atoms with Gasteiger partial charge in [0.2, 0.25) is 0 Å². The molecule has 0 atom stereocenters. The molecule has 0 unspecified atom stereocenters. The van der Waals surface area contributed by atoms with Gasteiger partial charge < -0.3 is 19.1 Å². The van der Waals surface area contributed by atoms with Gasteiger partial charge in [-0.15, -0.1) is 0 Å². The van der Waals surface area contributed by atoms with Crippen molar-refractivity contribution < 1.29 is 19.2 Å². The minimum atomic E-state index is -0.605. The molecule has 0 aromatic carbocycles. The van der Waals surface area contributed by atoms with E-state index >= 15 is 0 Å². The van der Waals surface area contributed by atoms with Crippen LogP contribution < -0.4 is 10.5 Å². The van der Waals surface area contributed by atoms with E-state index in [0.717, 1.165) is 5.06 Å². The van der Waals surface area contributed by atoms with Crippen molar-refractivity contribution in [1.82, 2.24) is 19.5 Å². The Hall–Kier alpha value is -3.65. The fourth-order valence-corrected chi connectivity index (χ4v) is 3.60. The highest BCUT2D eigenvalue weighted by Gasteiger charge is 2.29. The minimum Gasteiger partial charge on any atom is -0.444 e. The molecule has 3 heterocycles. The van der Waals surface area contributed by atoms with Gasteiger partial charge in [-0.05, 0) is 32.9 Å². The lowest BCUT2D eigenvalue weighted by molar-refractivity contribution is -0.0760. The number of anilines is 1. The fourth-order valence-electron chi connectivity index (χ4n) is 3.60. The highest BCUT2D eigenvalue weighted by Crippen LogP contribution is 2.28. The van der Waals surface area contributed by atoms with Gasteiger partial charge in [0, 0.05) is 40.3 Å². The van der Waals surface area contributed by atoms with Crippen molar-refractivity contribution in [3.63, 3.8) is 0 Å². The molecule has 1 fully saturated rings. The molecule has 11 nitrogen and oxygen atoms in total. The van der Waals surface area contributed by atoms with E-state index in [-0.39, 0.29) is 11.3 Å². The first-order chi connectivity index (χ1) is 15.5. The number of carbonyl (C=O) groups is 2. The van der Waals surface area contributed by atoms with Crippen LogP contribution in [-0.4, -0.2) is 77.5 Å². The molecule has 0 spiro atoms. The van der Waals surface area contributed by atoms with Crippen LogP contribution in [0, 0.1) is 11.3 Å². The monoisotopic (exact) mass is 456 g/mol. The van der Waals surface area contributed by atoms with Crippen molar-refractivity contribution in [2.75, 3.05) is 45.2 Å².